The summed E-state index contributed by atoms with van der Waals surface area (Å²) in [6, 6.07) is 18.3. The number of rotatable bonds is 4. The van der Waals surface area contributed by atoms with E-state index in [0.29, 0.717) is 12.5 Å². The first-order chi connectivity index (χ1) is 23.4. The summed E-state index contributed by atoms with van der Waals surface area (Å²) in [7, 11) is 0. The average Bonchev–Trinajstić information content (AvgIpc) is 3.79. The molecule has 260 valence electrons. The molecule has 5 nitrogen and oxygen atoms in total. The number of fused-ring (bicyclic) bond motifs is 5. The van der Waals surface area contributed by atoms with Gasteiger partial charge in [-0.15, -0.1) is 0 Å². The Labute approximate surface area is 298 Å². The van der Waals surface area contributed by atoms with Crippen LogP contribution in [0, 0.1) is 19.8 Å². The molecule has 5 aromatic rings. The lowest BCUT2D eigenvalue weighted by Gasteiger charge is -2.36. The molecule has 4 heterocycles. The number of aryl methyl sites for hydroxylation is 2. The molecule has 1 fully saturated rings. The van der Waals surface area contributed by atoms with Gasteiger partial charge in [0.05, 0.1) is 16.7 Å². The van der Waals surface area contributed by atoms with Crippen LogP contribution in [0.15, 0.2) is 59.7 Å². The van der Waals surface area contributed by atoms with Gasteiger partial charge in [0, 0.05) is 34.0 Å². The molecule has 3 aliphatic rings. The number of hydrogen-bond donors (Lipinski definition) is 0. The van der Waals surface area contributed by atoms with Crippen molar-refractivity contribution in [1.29, 1.82) is 0 Å². The Morgan fingerprint density at radius 2 is 1.50 bits per heavy atom. The summed E-state index contributed by atoms with van der Waals surface area (Å²) in [6.07, 6.45) is 7.06. The molecule has 1 atom stereocenters. The molecular formula is C45H53N3O2. The topological polar surface area (TPSA) is 48.6 Å². The molecule has 1 saturated carbocycles. The van der Waals surface area contributed by atoms with Crippen LogP contribution in [0.2, 0.25) is 0 Å². The van der Waals surface area contributed by atoms with Crippen molar-refractivity contribution in [3.63, 3.8) is 0 Å². The third kappa shape index (κ3) is 5.17. The SMILES string of the molecule is Cc1cnc2c(c1)c1cc(C(C)(C)C)cc3c1n2-c1cc(Oc2cc(C4=N[C@](C)(C5CCCC5)CO4)cc(C(C)(C)C)c2)c(C)cc1C3(C)C. The molecule has 0 amide bonds. The highest BCUT2D eigenvalue weighted by Crippen LogP contribution is 2.50. The molecule has 2 aliphatic heterocycles. The molecule has 50 heavy (non-hydrogen) atoms. The summed E-state index contributed by atoms with van der Waals surface area (Å²) in [5.74, 6) is 2.98. The maximum atomic E-state index is 6.94. The fourth-order valence-corrected chi connectivity index (χ4v) is 8.64. The maximum absolute atomic E-state index is 6.94. The van der Waals surface area contributed by atoms with Crippen LogP contribution in [0.3, 0.4) is 0 Å². The smallest absolute Gasteiger partial charge is 0.216 e. The van der Waals surface area contributed by atoms with E-state index >= 15 is 0 Å². The Hall–Kier alpha value is -4.12. The molecule has 5 heteroatoms. The average molecular weight is 668 g/mol. The zero-order valence-electron chi connectivity index (χ0n) is 32.0. The van der Waals surface area contributed by atoms with E-state index in [0.717, 1.165) is 39.9 Å². The Bertz CT molecular complexity index is 2230. The van der Waals surface area contributed by atoms with Crippen LogP contribution in [0.25, 0.3) is 27.6 Å². The lowest BCUT2D eigenvalue weighted by molar-refractivity contribution is 0.207. The molecule has 0 saturated heterocycles. The van der Waals surface area contributed by atoms with Crippen LogP contribution in [0.4, 0.5) is 0 Å². The standard InChI is InChI=1S/C45H53N3O2/c1-26-16-34-33-21-31(43(6,7)8)22-36-39(33)48(40(34)46-24-26)37-23-38(27(2)17-35(37)44(36,9)10)50-32-19-28(18-30(20-32)42(3,4)5)41-47-45(11,25-49-41)29-14-12-13-15-29/h16-24,29H,12-15,25H2,1-11H3/t45-/m0/s1. The van der Waals surface area contributed by atoms with Crippen LogP contribution < -0.4 is 4.74 Å². The van der Waals surface area contributed by atoms with Crippen molar-refractivity contribution in [3.05, 3.63) is 93.7 Å². The minimum atomic E-state index is -0.221. The lowest BCUT2D eigenvalue weighted by Crippen LogP contribution is -2.32. The molecule has 0 radical (unpaired) electrons. The highest BCUT2D eigenvalue weighted by atomic mass is 16.5. The quantitative estimate of drug-likeness (QED) is 0.192. The summed E-state index contributed by atoms with van der Waals surface area (Å²) in [5.41, 5.74) is 11.4. The first-order valence-corrected chi connectivity index (χ1v) is 18.6. The number of nitrogens with zero attached hydrogens (tertiary/aromatic N) is 3. The summed E-state index contributed by atoms with van der Waals surface area (Å²) in [6.45, 7) is 25.6. The van der Waals surface area contributed by atoms with Gasteiger partial charge in [-0.2, -0.15) is 0 Å². The fourth-order valence-electron chi connectivity index (χ4n) is 8.64. The second-order valence-electron chi connectivity index (χ2n) is 18.3. The number of hydrogen-bond acceptors (Lipinski definition) is 4. The molecule has 2 aromatic heterocycles. The Morgan fingerprint density at radius 3 is 2.20 bits per heavy atom. The molecular weight excluding hydrogens is 615 g/mol. The molecule has 0 N–H and O–H groups in total. The predicted octanol–water partition coefficient (Wildman–Crippen LogP) is 11.5. The monoisotopic (exact) mass is 667 g/mol. The maximum Gasteiger partial charge on any atom is 0.216 e. The minimum Gasteiger partial charge on any atom is -0.475 e. The van der Waals surface area contributed by atoms with Crippen molar-refractivity contribution in [3.8, 4) is 17.2 Å². The van der Waals surface area contributed by atoms with E-state index in [2.05, 4.69) is 129 Å². The summed E-state index contributed by atoms with van der Waals surface area (Å²) >= 11 is 0. The van der Waals surface area contributed by atoms with Gasteiger partial charge in [-0.3, -0.25) is 4.57 Å². The fraction of sp³-hybridized carbons (Fsp3) is 0.467. The Kier molecular flexibility index (Phi) is 7.23. The van der Waals surface area contributed by atoms with Crippen LogP contribution >= 0.6 is 0 Å². The molecule has 3 aromatic carbocycles. The zero-order chi connectivity index (χ0) is 35.5. The highest BCUT2D eigenvalue weighted by molar-refractivity contribution is 6.11. The van der Waals surface area contributed by atoms with Crippen molar-refractivity contribution >= 4 is 27.8 Å². The van der Waals surface area contributed by atoms with E-state index in [9.17, 15) is 0 Å². The summed E-state index contributed by atoms with van der Waals surface area (Å²) in [5, 5.41) is 2.47. The van der Waals surface area contributed by atoms with Crippen LogP contribution in [0.1, 0.15) is 127 Å². The Balaban J connectivity index is 1.28. The van der Waals surface area contributed by atoms with Crippen LogP contribution in [-0.4, -0.2) is 27.6 Å². The molecule has 0 unspecified atom stereocenters. The van der Waals surface area contributed by atoms with E-state index in [-0.39, 0.29) is 21.8 Å². The number of ether oxygens (including phenoxy) is 2. The van der Waals surface area contributed by atoms with Gasteiger partial charge in [-0.1, -0.05) is 74.3 Å². The van der Waals surface area contributed by atoms with Crippen molar-refractivity contribution < 1.29 is 9.47 Å². The molecule has 0 spiro atoms. The molecule has 1 aliphatic carbocycles. The third-order valence-electron chi connectivity index (χ3n) is 11.9. The normalized spacial score (nSPS) is 20.3. The van der Waals surface area contributed by atoms with Crippen molar-refractivity contribution in [2.75, 3.05) is 6.61 Å². The number of benzene rings is 3. The first kappa shape index (κ1) is 33.0. The van der Waals surface area contributed by atoms with Gasteiger partial charge in [0.25, 0.3) is 0 Å². The van der Waals surface area contributed by atoms with Crippen molar-refractivity contribution in [2.24, 2.45) is 10.9 Å². The van der Waals surface area contributed by atoms with Crippen LogP contribution in [0.5, 0.6) is 11.5 Å². The number of pyridine rings is 1. The van der Waals surface area contributed by atoms with Gasteiger partial charge in [0.1, 0.15) is 23.8 Å². The van der Waals surface area contributed by atoms with Gasteiger partial charge < -0.3 is 9.47 Å². The van der Waals surface area contributed by atoms with Gasteiger partial charge in [0.15, 0.2) is 0 Å². The Morgan fingerprint density at radius 1 is 0.800 bits per heavy atom. The van der Waals surface area contributed by atoms with Gasteiger partial charge in [0.2, 0.25) is 5.90 Å². The zero-order valence-corrected chi connectivity index (χ0v) is 32.0. The second-order valence-corrected chi connectivity index (χ2v) is 18.3. The van der Waals surface area contributed by atoms with Gasteiger partial charge >= 0.3 is 0 Å². The molecule has 0 bridgehead atoms. The van der Waals surface area contributed by atoms with E-state index < -0.39 is 0 Å². The summed E-state index contributed by atoms with van der Waals surface area (Å²) < 4.78 is 15.7. The van der Waals surface area contributed by atoms with Crippen molar-refractivity contribution in [1.82, 2.24) is 9.55 Å². The second kappa shape index (κ2) is 10.9. The number of aromatic nitrogens is 2. The number of aliphatic imine (C=N–C) groups is 1. The molecule has 8 rings (SSSR count). The highest BCUT2D eigenvalue weighted by Gasteiger charge is 2.42. The van der Waals surface area contributed by atoms with E-state index in [4.69, 9.17) is 19.5 Å². The van der Waals surface area contributed by atoms with E-state index in [1.54, 1.807) is 0 Å². The predicted molar refractivity (Wildman–Crippen MR) is 207 cm³/mol. The largest absolute Gasteiger partial charge is 0.475 e. The van der Waals surface area contributed by atoms with Gasteiger partial charge in [-0.25, -0.2) is 9.98 Å². The third-order valence-corrected chi connectivity index (χ3v) is 11.9. The van der Waals surface area contributed by atoms with Gasteiger partial charge in [-0.05, 0) is 120 Å². The lowest BCUT2D eigenvalue weighted by atomic mass is 9.72. The van der Waals surface area contributed by atoms with Crippen molar-refractivity contribution in [2.45, 2.75) is 124 Å². The summed E-state index contributed by atoms with van der Waals surface area (Å²) in [4.78, 5) is 10.3. The minimum absolute atomic E-state index is 0.0189. The van der Waals surface area contributed by atoms with E-state index in [1.807, 2.05) is 6.20 Å². The van der Waals surface area contributed by atoms with E-state index in [1.165, 1.54) is 69.8 Å². The first-order valence-electron chi connectivity index (χ1n) is 18.6. The van der Waals surface area contributed by atoms with Crippen LogP contribution in [-0.2, 0) is 21.0 Å².